The lowest BCUT2D eigenvalue weighted by Crippen LogP contribution is -2.47. The SMILES string of the molecule is CN(C(=O)c1ccco1)[C@H](Cc1ccc(F)cc1F)C1CCN(Cc2cc(Cl)ccc2O)CC1. The molecule has 8 heteroatoms. The first-order valence-electron chi connectivity index (χ1n) is 11.3. The standard InChI is InChI=1S/C26H27ClF2N2O3/c1-30(26(33)25-3-2-12-34-25)23(14-18-4-6-21(28)15-22(18)29)17-8-10-31(11-9-17)16-19-13-20(27)5-7-24(19)32/h2-7,12-13,15,17,23,32H,8-11,14,16H2,1H3/t23-/m1/s1. The molecule has 0 bridgehead atoms. The quantitative estimate of drug-likeness (QED) is 0.476. The molecule has 0 spiro atoms. The Morgan fingerprint density at radius 3 is 2.62 bits per heavy atom. The van der Waals surface area contributed by atoms with E-state index >= 15 is 0 Å². The van der Waals surface area contributed by atoms with E-state index in [1.54, 1.807) is 42.3 Å². The molecule has 1 atom stereocenters. The number of likely N-dealkylation sites (N-methyl/N-ethyl adjacent to an activating group) is 1. The smallest absolute Gasteiger partial charge is 0.289 e. The normalized spacial score (nSPS) is 15.9. The third-order valence-corrected chi connectivity index (χ3v) is 6.84. The van der Waals surface area contributed by atoms with Crippen molar-refractivity contribution in [2.75, 3.05) is 20.1 Å². The molecule has 1 aliphatic heterocycles. The highest BCUT2D eigenvalue weighted by Crippen LogP contribution is 2.30. The second kappa shape index (κ2) is 10.6. The highest BCUT2D eigenvalue weighted by atomic mass is 35.5. The molecule has 3 aromatic rings. The van der Waals surface area contributed by atoms with Gasteiger partial charge in [-0.1, -0.05) is 17.7 Å². The second-order valence-electron chi connectivity index (χ2n) is 8.79. The molecule has 0 unspecified atom stereocenters. The Balaban J connectivity index is 1.49. The number of aromatic hydroxyl groups is 1. The maximum Gasteiger partial charge on any atom is 0.289 e. The van der Waals surface area contributed by atoms with Gasteiger partial charge in [0.1, 0.15) is 17.4 Å². The molecule has 0 radical (unpaired) electrons. The first-order chi connectivity index (χ1) is 16.3. The molecule has 180 valence electrons. The number of benzene rings is 2. The molecule has 5 nitrogen and oxygen atoms in total. The minimum absolute atomic E-state index is 0.109. The maximum atomic E-state index is 14.5. The number of carbonyl (C=O) groups excluding carboxylic acids is 1. The Morgan fingerprint density at radius 1 is 1.18 bits per heavy atom. The number of furan rings is 1. The molecule has 0 aliphatic carbocycles. The summed E-state index contributed by atoms with van der Waals surface area (Å²) in [5.41, 5.74) is 1.14. The fourth-order valence-electron chi connectivity index (χ4n) is 4.67. The van der Waals surface area contributed by atoms with Crippen LogP contribution in [0.5, 0.6) is 5.75 Å². The van der Waals surface area contributed by atoms with E-state index in [4.69, 9.17) is 16.0 Å². The van der Waals surface area contributed by atoms with Gasteiger partial charge in [0.15, 0.2) is 5.76 Å². The highest BCUT2D eigenvalue weighted by Gasteiger charge is 2.33. The Kier molecular flexibility index (Phi) is 7.54. The number of halogens is 3. The summed E-state index contributed by atoms with van der Waals surface area (Å²) in [4.78, 5) is 16.9. The zero-order chi connectivity index (χ0) is 24.2. The number of phenolic OH excluding ortho intramolecular Hbond substituents is 1. The van der Waals surface area contributed by atoms with E-state index in [1.807, 2.05) is 0 Å². The Morgan fingerprint density at radius 2 is 1.94 bits per heavy atom. The summed E-state index contributed by atoms with van der Waals surface area (Å²) in [7, 11) is 1.70. The summed E-state index contributed by atoms with van der Waals surface area (Å²) in [5.74, 6) is -0.976. The molecule has 34 heavy (non-hydrogen) atoms. The minimum Gasteiger partial charge on any atom is -0.508 e. The summed E-state index contributed by atoms with van der Waals surface area (Å²) in [5, 5.41) is 10.7. The zero-order valence-electron chi connectivity index (χ0n) is 18.9. The van der Waals surface area contributed by atoms with E-state index in [1.165, 1.54) is 18.4 Å². The lowest BCUT2D eigenvalue weighted by molar-refractivity contribution is 0.0554. The third kappa shape index (κ3) is 5.59. The predicted octanol–water partition coefficient (Wildman–Crippen LogP) is 5.51. The molecule has 4 rings (SSSR count). The van der Waals surface area contributed by atoms with Gasteiger partial charge < -0.3 is 14.4 Å². The van der Waals surface area contributed by atoms with Crippen molar-refractivity contribution in [1.82, 2.24) is 9.80 Å². The van der Waals surface area contributed by atoms with Crippen LogP contribution in [0.25, 0.3) is 0 Å². The number of phenols is 1. The van der Waals surface area contributed by atoms with Crippen molar-refractivity contribution in [2.24, 2.45) is 5.92 Å². The van der Waals surface area contributed by atoms with Crippen LogP contribution in [-0.2, 0) is 13.0 Å². The third-order valence-electron chi connectivity index (χ3n) is 6.61. The van der Waals surface area contributed by atoms with Crippen LogP contribution in [0.1, 0.15) is 34.5 Å². The van der Waals surface area contributed by atoms with Gasteiger partial charge in [-0.2, -0.15) is 0 Å². The molecule has 1 aromatic heterocycles. The molecule has 0 saturated carbocycles. The van der Waals surface area contributed by atoms with Crippen LogP contribution in [0.2, 0.25) is 5.02 Å². The number of carbonyl (C=O) groups is 1. The molecule has 1 saturated heterocycles. The first kappa shape index (κ1) is 24.2. The van der Waals surface area contributed by atoms with Gasteiger partial charge in [-0.15, -0.1) is 0 Å². The summed E-state index contributed by atoms with van der Waals surface area (Å²) < 4.78 is 33.2. The van der Waals surface area contributed by atoms with E-state index in [9.17, 15) is 18.7 Å². The molecular formula is C26H27ClF2N2O3. The van der Waals surface area contributed by atoms with E-state index < -0.39 is 11.6 Å². The summed E-state index contributed by atoms with van der Waals surface area (Å²) in [6.45, 7) is 2.07. The second-order valence-corrected chi connectivity index (χ2v) is 9.22. The molecule has 1 amide bonds. The highest BCUT2D eigenvalue weighted by molar-refractivity contribution is 6.30. The lowest BCUT2D eigenvalue weighted by Gasteiger charge is -2.40. The number of nitrogens with zero attached hydrogens (tertiary/aromatic N) is 2. The van der Waals surface area contributed by atoms with Crippen molar-refractivity contribution >= 4 is 17.5 Å². The Bertz CT molecular complexity index is 1130. The number of hydrogen-bond donors (Lipinski definition) is 1. The van der Waals surface area contributed by atoms with Crippen LogP contribution in [0.4, 0.5) is 8.78 Å². The summed E-state index contributed by atoms with van der Waals surface area (Å²) >= 11 is 6.08. The number of likely N-dealkylation sites (tertiary alicyclic amines) is 1. The van der Waals surface area contributed by atoms with Crippen LogP contribution >= 0.6 is 11.6 Å². The minimum atomic E-state index is -0.629. The number of piperidine rings is 1. The van der Waals surface area contributed by atoms with Gasteiger partial charge in [0, 0.05) is 36.3 Å². The van der Waals surface area contributed by atoms with Crippen LogP contribution < -0.4 is 0 Å². The predicted molar refractivity (Wildman–Crippen MR) is 126 cm³/mol. The van der Waals surface area contributed by atoms with E-state index in [0.29, 0.717) is 17.1 Å². The maximum absolute atomic E-state index is 14.5. The van der Waals surface area contributed by atoms with Gasteiger partial charge in [-0.25, -0.2) is 8.78 Å². The largest absolute Gasteiger partial charge is 0.508 e. The molecular weight excluding hydrogens is 462 g/mol. The van der Waals surface area contributed by atoms with Crippen LogP contribution in [0.3, 0.4) is 0 Å². The first-order valence-corrected chi connectivity index (χ1v) is 11.6. The molecule has 1 aliphatic rings. The zero-order valence-corrected chi connectivity index (χ0v) is 19.6. The van der Waals surface area contributed by atoms with Crippen molar-refractivity contribution in [1.29, 1.82) is 0 Å². The average molecular weight is 489 g/mol. The van der Waals surface area contributed by atoms with E-state index in [2.05, 4.69) is 4.90 Å². The summed E-state index contributed by atoms with van der Waals surface area (Å²) in [6.07, 6.45) is 3.28. The monoisotopic (exact) mass is 488 g/mol. The molecule has 2 heterocycles. The fraction of sp³-hybridized carbons (Fsp3) is 0.346. The average Bonchev–Trinajstić information content (AvgIpc) is 3.36. The number of rotatable bonds is 7. The van der Waals surface area contributed by atoms with Gasteiger partial charge in [-0.05, 0) is 80.2 Å². The van der Waals surface area contributed by atoms with Crippen molar-refractivity contribution < 1.29 is 23.1 Å². The van der Waals surface area contributed by atoms with Gasteiger partial charge in [-0.3, -0.25) is 9.69 Å². The van der Waals surface area contributed by atoms with Gasteiger partial charge in [0.05, 0.1) is 6.26 Å². The topological polar surface area (TPSA) is 56.9 Å². The number of hydrogen-bond acceptors (Lipinski definition) is 4. The van der Waals surface area contributed by atoms with Crippen molar-refractivity contribution in [2.45, 2.75) is 31.8 Å². The van der Waals surface area contributed by atoms with Gasteiger partial charge in [0.25, 0.3) is 5.91 Å². The summed E-state index contributed by atoms with van der Waals surface area (Å²) in [6, 6.07) is 11.5. The molecule has 1 fully saturated rings. The van der Waals surface area contributed by atoms with Crippen LogP contribution in [0, 0.1) is 17.6 Å². The fourth-order valence-corrected chi connectivity index (χ4v) is 4.87. The van der Waals surface area contributed by atoms with Gasteiger partial charge in [0.2, 0.25) is 0 Å². The van der Waals surface area contributed by atoms with E-state index in [0.717, 1.165) is 37.6 Å². The lowest BCUT2D eigenvalue weighted by atomic mass is 9.84. The molecule has 2 aromatic carbocycles. The van der Waals surface area contributed by atoms with Crippen LogP contribution in [-0.4, -0.2) is 47.0 Å². The Hall–Kier alpha value is -2.90. The Labute approximate surface area is 202 Å². The molecule has 1 N–H and O–H groups in total. The van der Waals surface area contributed by atoms with Crippen molar-refractivity contribution in [3.63, 3.8) is 0 Å². The van der Waals surface area contributed by atoms with Crippen LogP contribution in [0.15, 0.2) is 59.2 Å². The van der Waals surface area contributed by atoms with Crippen molar-refractivity contribution in [3.8, 4) is 5.75 Å². The van der Waals surface area contributed by atoms with Gasteiger partial charge >= 0.3 is 0 Å². The number of amides is 1. The van der Waals surface area contributed by atoms with E-state index in [-0.39, 0.29) is 35.8 Å². The van der Waals surface area contributed by atoms with Crippen molar-refractivity contribution in [3.05, 3.63) is 88.3 Å².